The maximum atomic E-state index is 12.7. The second-order valence-electron chi connectivity index (χ2n) is 20.8. The van der Waals surface area contributed by atoms with E-state index in [1.807, 2.05) is 24.8 Å². The molecule has 0 saturated carbocycles. The number of carbonyl (C=O) groups is 7. The molecule has 2 unspecified atom stereocenters. The third-order valence-corrected chi connectivity index (χ3v) is 13.6. The molecule has 1 aliphatic heterocycles. The van der Waals surface area contributed by atoms with Crippen LogP contribution in [0.25, 0.3) is 0 Å². The molecule has 87 heavy (non-hydrogen) atoms. The normalized spacial score (nSPS) is 12.3. The van der Waals surface area contributed by atoms with Gasteiger partial charge in [0.15, 0.2) is 0 Å². The zero-order valence-corrected chi connectivity index (χ0v) is 59.1. The Morgan fingerprint density at radius 3 is 1.94 bits per heavy atom. The number of rotatable bonds is 38. The predicted molar refractivity (Wildman–Crippen MR) is 339 cm³/mol. The number of amides is 5. The molecule has 1 heterocycles. The number of hydrogen-bond acceptors (Lipinski definition) is 14. The molecule has 1 saturated heterocycles. The van der Waals surface area contributed by atoms with Gasteiger partial charge in [-0.05, 0) is 138 Å². The first-order chi connectivity index (χ1) is 41.0. The Balaban J connectivity index is -0.000000549. The van der Waals surface area contributed by atoms with Crippen molar-refractivity contribution in [1.29, 1.82) is 0 Å². The third kappa shape index (κ3) is 52.7. The van der Waals surface area contributed by atoms with E-state index < -0.39 is 29.4 Å². The molecule has 5 amide bonds. The molecule has 25 heteroatoms. The van der Waals surface area contributed by atoms with Crippen LogP contribution in [0.4, 0.5) is 3.89 Å². The monoisotopic (exact) mass is 1470 g/mol. The van der Waals surface area contributed by atoms with Gasteiger partial charge in [-0.25, -0.2) is 0 Å². The Kier molecular flexibility index (Phi) is 59.8. The summed E-state index contributed by atoms with van der Waals surface area (Å²) in [6.45, 7) is 25.3. The van der Waals surface area contributed by atoms with E-state index in [0.29, 0.717) is 75.1 Å². The number of carbonyl (C=O) groups excluding carboxylic acids is 6. The van der Waals surface area contributed by atoms with Gasteiger partial charge in [0, 0.05) is 88.6 Å². The first kappa shape index (κ1) is 88.5. The van der Waals surface area contributed by atoms with E-state index in [0.717, 1.165) is 82.9 Å². The SMILES string of the molecule is CCC(C)CC(=O)O.CCCCB(O)C1CCCN1C(=O)CNC(=O)c1cccc(CNC(=O)CCCCCNC=O)c1.CCCCCN(CC)CCC.CCCN(CCC)CC(=O)O.CC[C-]=O.CNC(=O)CCc1cccc(OS(=O)(=O)F)c1.[U]. The van der Waals surface area contributed by atoms with Crippen LogP contribution in [-0.4, -0.2) is 165 Å². The number of hydrogen-bond donors (Lipinski definition) is 7. The number of aliphatic carboxylic acids is 2. The quantitative estimate of drug-likeness (QED) is 0.0109. The number of nitrogens with one attached hydrogen (secondary N) is 4. The van der Waals surface area contributed by atoms with Crippen molar-refractivity contribution < 1.29 is 101 Å². The van der Waals surface area contributed by atoms with Gasteiger partial charge in [0.2, 0.25) is 24.1 Å². The molecule has 0 aromatic heterocycles. The zero-order chi connectivity index (χ0) is 65.6. The van der Waals surface area contributed by atoms with E-state index in [1.165, 1.54) is 70.6 Å². The molecule has 0 spiro atoms. The number of halogens is 1. The number of carboxylic acid groups (broad SMARTS) is 2. The van der Waals surface area contributed by atoms with Crippen molar-refractivity contribution in [3.8, 4) is 5.75 Å². The van der Waals surface area contributed by atoms with Crippen LogP contribution >= 0.6 is 0 Å². The molecule has 3 rings (SSSR count). The van der Waals surface area contributed by atoms with Gasteiger partial charge in [0.05, 0.1) is 13.1 Å². The van der Waals surface area contributed by atoms with Crippen LogP contribution in [0.2, 0.25) is 6.32 Å². The molecule has 1 fully saturated rings. The van der Waals surface area contributed by atoms with Crippen LogP contribution in [0, 0.1) is 37.0 Å². The van der Waals surface area contributed by atoms with Crippen LogP contribution in [0.1, 0.15) is 199 Å². The summed E-state index contributed by atoms with van der Waals surface area (Å²) in [7, 11) is -3.48. The first-order valence-electron chi connectivity index (χ1n) is 30.9. The first-order valence-corrected chi connectivity index (χ1v) is 32.3. The molecule has 0 aliphatic carbocycles. The number of benzene rings is 2. The van der Waals surface area contributed by atoms with Crippen molar-refractivity contribution in [3.63, 3.8) is 0 Å². The fraction of sp³-hybridized carbons (Fsp3) is 0.677. The minimum atomic E-state index is -5.01. The minimum Gasteiger partial charge on any atom is -0.542 e. The van der Waals surface area contributed by atoms with Gasteiger partial charge in [0.1, 0.15) is 5.75 Å². The molecule has 2 atom stereocenters. The Morgan fingerprint density at radius 1 is 0.793 bits per heavy atom. The molecule has 0 bridgehead atoms. The average Bonchev–Trinajstić information content (AvgIpc) is 4.27. The van der Waals surface area contributed by atoms with Crippen molar-refractivity contribution >= 4 is 65.7 Å². The van der Waals surface area contributed by atoms with Gasteiger partial charge in [-0.15, -0.1) is 0 Å². The van der Waals surface area contributed by atoms with Crippen LogP contribution in [0.3, 0.4) is 0 Å². The second kappa shape index (κ2) is 58.7. The summed E-state index contributed by atoms with van der Waals surface area (Å²) in [4.78, 5) is 94.1. The van der Waals surface area contributed by atoms with Crippen LogP contribution in [0.5, 0.6) is 5.75 Å². The number of unbranched alkanes of at least 4 members (excludes halogenated alkanes) is 5. The molecule has 0 radical (unpaired) electrons. The van der Waals surface area contributed by atoms with Gasteiger partial charge in [-0.3, -0.25) is 44.7 Å². The van der Waals surface area contributed by atoms with E-state index >= 15 is 0 Å². The summed E-state index contributed by atoms with van der Waals surface area (Å²) in [5.74, 6) is -2.10. The topological polar surface area (TPSA) is 298 Å². The molecule has 7 N–H and O–H groups in total. The van der Waals surface area contributed by atoms with E-state index in [1.54, 1.807) is 42.4 Å². The molecule has 2 aromatic rings. The third-order valence-electron chi connectivity index (χ3n) is 13.2. The Morgan fingerprint density at radius 2 is 1.41 bits per heavy atom. The minimum absolute atomic E-state index is 0. The summed E-state index contributed by atoms with van der Waals surface area (Å²) in [6, 6.07) is 12.9. The van der Waals surface area contributed by atoms with E-state index in [4.69, 9.17) is 15.0 Å². The predicted octanol–water partition coefficient (Wildman–Crippen LogP) is 8.73. The smallest absolute Gasteiger partial charge is 0.488 e. The summed E-state index contributed by atoms with van der Waals surface area (Å²) in [5.41, 5.74) is 1.91. The van der Waals surface area contributed by atoms with Gasteiger partial charge in [0.25, 0.3) is 5.91 Å². The number of carboxylic acids is 2. The zero-order valence-electron chi connectivity index (χ0n) is 54.1. The van der Waals surface area contributed by atoms with E-state index in [9.17, 15) is 50.9 Å². The fourth-order valence-corrected chi connectivity index (χ4v) is 8.78. The maximum Gasteiger partial charge on any atom is 0.488 e. The summed E-state index contributed by atoms with van der Waals surface area (Å²) >= 11 is 0. The standard InChI is InChI=1S/C25H39BN4O5.C10H12FNO4S.C10H23N.C8H17NO2.C6H12O2.C3H5O.U/c1-2-3-13-26(35)22-11-8-15-30(22)24(33)18-29-25(34)21-10-7-9-20(16-21)17-28-23(32)12-5-4-6-14-27-19-31;1-12-10(13)6-5-8-3-2-4-9(7-8)16-17(11,14)15;1-4-7-8-10-11(6-3)9-5-2;1-3-5-9(6-4-2)7-8(10)11;1-3-5(2)4-6(7)8;1-2-3-4;/h7,9-10,16,19,22,35H,2-6,8,11-15,17-18H2,1H3,(H,27,31)(H,28,32)(H,29,34);2-4,7H,5-6H2,1H3,(H,12,13);4-10H2,1-3H3;3-7H2,1-2H3,(H,10,11);5H,3-4H2,1-2H3,(H,7,8);2H2,1H3;/q;;;;;-1;. The molecule has 2 aromatic carbocycles. The summed E-state index contributed by atoms with van der Waals surface area (Å²) < 4.78 is 36.9. The van der Waals surface area contributed by atoms with Gasteiger partial charge < -0.3 is 55.3 Å². The van der Waals surface area contributed by atoms with Crippen molar-refractivity contribution in [2.45, 2.75) is 203 Å². The fourth-order valence-electron chi connectivity index (χ4n) is 8.44. The van der Waals surface area contributed by atoms with Crippen molar-refractivity contribution in [3.05, 3.63) is 65.2 Å². The summed E-state index contributed by atoms with van der Waals surface area (Å²) in [5, 5.41) is 37.8. The second-order valence-corrected chi connectivity index (χ2v) is 21.7. The molecular formula is C62H108BFN7O14SU-. The maximum absolute atomic E-state index is 12.7. The van der Waals surface area contributed by atoms with Crippen LogP contribution in [0.15, 0.2) is 48.5 Å². The Hall–Kier alpha value is -4.92. The molecule has 496 valence electrons. The van der Waals surface area contributed by atoms with E-state index in [2.05, 4.69) is 71.9 Å². The van der Waals surface area contributed by atoms with Crippen LogP contribution in [-0.2, 0) is 57.0 Å². The van der Waals surface area contributed by atoms with Crippen molar-refractivity contribution in [2.24, 2.45) is 5.92 Å². The van der Waals surface area contributed by atoms with Gasteiger partial charge in [-0.1, -0.05) is 129 Å². The molecule has 1 aliphatic rings. The van der Waals surface area contributed by atoms with Crippen molar-refractivity contribution in [2.75, 3.05) is 66.0 Å². The molecule has 21 nitrogen and oxygen atoms in total. The van der Waals surface area contributed by atoms with Gasteiger partial charge in [-0.2, -0.15) is 14.8 Å². The van der Waals surface area contributed by atoms with Gasteiger partial charge >= 0.3 is 29.4 Å². The molecular weight excluding hydrogens is 1370 g/mol. The average molecular weight is 1480 g/mol. The van der Waals surface area contributed by atoms with E-state index in [-0.39, 0.29) is 85.9 Å². The number of nitrogens with zero attached hydrogens (tertiary/aromatic N) is 3. The largest absolute Gasteiger partial charge is 0.542 e. The van der Waals surface area contributed by atoms with Crippen molar-refractivity contribution in [1.82, 2.24) is 36.0 Å². The van der Waals surface area contributed by atoms with Crippen LogP contribution < -0.4 is 25.5 Å². The number of likely N-dealkylation sites (tertiary alicyclic amines) is 1. The number of aryl methyl sites for hydroxylation is 1. The summed E-state index contributed by atoms with van der Waals surface area (Å²) in [6.07, 6.45) is 19.3. The Bertz CT molecular complexity index is 2260. The Labute approximate surface area is 545 Å².